The Morgan fingerprint density at radius 3 is 2.50 bits per heavy atom. The second-order valence-corrected chi connectivity index (χ2v) is 6.78. The number of amides is 2. The van der Waals surface area contributed by atoms with Crippen molar-refractivity contribution >= 4 is 11.8 Å². The molecule has 5 nitrogen and oxygen atoms in total. The van der Waals surface area contributed by atoms with Crippen LogP contribution in [-0.2, 0) is 16.0 Å². The van der Waals surface area contributed by atoms with E-state index in [9.17, 15) is 9.59 Å². The summed E-state index contributed by atoms with van der Waals surface area (Å²) in [6.07, 6.45) is 5.30. The van der Waals surface area contributed by atoms with Crippen molar-refractivity contribution in [2.75, 3.05) is 20.2 Å². The summed E-state index contributed by atoms with van der Waals surface area (Å²) in [5, 5.41) is 3.10. The lowest BCUT2D eigenvalue weighted by molar-refractivity contribution is -0.139. The third kappa shape index (κ3) is 3.89. The predicted octanol–water partition coefficient (Wildman–Crippen LogP) is 2.14. The first kappa shape index (κ1) is 16.8. The summed E-state index contributed by atoms with van der Waals surface area (Å²) in [5.41, 5.74) is 0.898. The molecule has 1 aliphatic carbocycles. The van der Waals surface area contributed by atoms with Crippen molar-refractivity contribution in [3.63, 3.8) is 0 Å². The normalized spacial score (nSPS) is 18.8. The standard InChI is InChI=1S/C19H26N2O3/c1-24-17-8-3-2-5-15(17)13-18(22)20-16-9-11-21(12-10-16)19(23)14-6-4-7-14/h2-3,5,8,14,16H,4,6-7,9-13H2,1H3,(H,20,22). The number of nitrogens with zero attached hydrogens (tertiary/aromatic N) is 1. The Hall–Kier alpha value is -2.04. The number of rotatable bonds is 5. The average Bonchev–Trinajstić information content (AvgIpc) is 2.54. The van der Waals surface area contributed by atoms with E-state index in [1.165, 1.54) is 6.42 Å². The average molecular weight is 330 g/mol. The Morgan fingerprint density at radius 2 is 1.88 bits per heavy atom. The van der Waals surface area contributed by atoms with Crippen molar-refractivity contribution in [3.8, 4) is 5.75 Å². The van der Waals surface area contributed by atoms with E-state index in [0.29, 0.717) is 12.3 Å². The molecule has 1 aliphatic heterocycles. The van der Waals surface area contributed by atoms with E-state index in [4.69, 9.17) is 4.74 Å². The minimum Gasteiger partial charge on any atom is -0.496 e. The van der Waals surface area contributed by atoms with Crippen molar-refractivity contribution in [2.24, 2.45) is 5.92 Å². The number of benzene rings is 1. The van der Waals surface area contributed by atoms with Crippen LogP contribution in [0.1, 0.15) is 37.7 Å². The molecular weight excluding hydrogens is 304 g/mol. The molecular formula is C19H26N2O3. The van der Waals surface area contributed by atoms with Crippen molar-refractivity contribution in [2.45, 2.75) is 44.6 Å². The number of nitrogens with one attached hydrogen (secondary N) is 1. The Labute approximate surface area is 143 Å². The quantitative estimate of drug-likeness (QED) is 0.900. The molecule has 0 spiro atoms. The zero-order valence-electron chi connectivity index (χ0n) is 14.3. The van der Waals surface area contributed by atoms with E-state index in [0.717, 1.165) is 50.1 Å². The third-order valence-electron chi connectivity index (χ3n) is 5.17. The van der Waals surface area contributed by atoms with Crippen molar-refractivity contribution in [1.82, 2.24) is 10.2 Å². The molecule has 0 unspecified atom stereocenters. The number of para-hydroxylation sites is 1. The van der Waals surface area contributed by atoms with Crippen LogP contribution in [0.4, 0.5) is 0 Å². The maximum atomic E-state index is 12.3. The number of ether oxygens (including phenoxy) is 1. The van der Waals surface area contributed by atoms with Crippen LogP contribution in [0.15, 0.2) is 24.3 Å². The Morgan fingerprint density at radius 1 is 1.17 bits per heavy atom. The van der Waals surface area contributed by atoms with Gasteiger partial charge < -0.3 is 15.0 Å². The molecule has 3 rings (SSSR count). The molecule has 0 atom stereocenters. The van der Waals surface area contributed by atoms with Crippen LogP contribution < -0.4 is 10.1 Å². The molecule has 1 aromatic carbocycles. The SMILES string of the molecule is COc1ccccc1CC(=O)NC1CCN(C(=O)C2CCC2)CC1. The second-order valence-electron chi connectivity index (χ2n) is 6.78. The van der Waals surface area contributed by atoms with Gasteiger partial charge in [-0.25, -0.2) is 0 Å². The smallest absolute Gasteiger partial charge is 0.225 e. The van der Waals surface area contributed by atoms with Crippen molar-refractivity contribution in [3.05, 3.63) is 29.8 Å². The van der Waals surface area contributed by atoms with Crippen LogP contribution in [0.3, 0.4) is 0 Å². The van der Waals surface area contributed by atoms with Gasteiger partial charge in [-0.2, -0.15) is 0 Å². The minimum atomic E-state index is 0.0169. The summed E-state index contributed by atoms with van der Waals surface area (Å²) >= 11 is 0. The monoisotopic (exact) mass is 330 g/mol. The fraction of sp³-hybridized carbons (Fsp3) is 0.579. The zero-order valence-corrected chi connectivity index (χ0v) is 14.3. The molecule has 24 heavy (non-hydrogen) atoms. The van der Waals surface area contributed by atoms with Crippen LogP contribution >= 0.6 is 0 Å². The zero-order chi connectivity index (χ0) is 16.9. The number of piperidine rings is 1. The lowest BCUT2D eigenvalue weighted by Crippen LogP contribution is -2.49. The van der Waals surface area contributed by atoms with Gasteiger partial charge in [0.1, 0.15) is 5.75 Å². The van der Waals surface area contributed by atoms with Gasteiger partial charge in [0.2, 0.25) is 11.8 Å². The van der Waals surface area contributed by atoms with Crippen LogP contribution in [0.5, 0.6) is 5.75 Å². The van der Waals surface area contributed by atoms with Crippen LogP contribution in [0.25, 0.3) is 0 Å². The minimum absolute atomic E-state index is 0.0169. The first-order chi connectivity index (χ1) is 11.7. The molecule has 5 heteroatoms. The number of likely N-dealkylation sites (tertiary alicyclic amines) is 1. The molecule has 130 valence electrons. The summed E-state index contributed by atoms with van der Waals surface area (Å²) in [6, 6.07) is 7.76. The summed E-state index contributed by atoms with van der Waals surface area (Å²) in [5.74, 6) is 1.35. The van der Waals surface area contributed by atoms with Gasteiger partial charge in [0.25, 0.3) is 0 Å². The molecule has 2 aliphatic rings. The largest absolute Gasteiger partial charge is 0.496 e. The lowest BCUT2D eigenvalue weighted by Gasteiger charge is -2.36. The lowest BCUT2D eigenvalue weighted by atomic mass is 9.84. The fourth-order valence-corrected chi connectivity index (χ4v) is 3.46. The van der Waals surface area contributed by atoms with E-state index >= 15 is 0 Å². The summed E-state index contributed by atoms with van der Waals surface area (Å²) in [4.78, 5) is 26.5. The number of carbonyl (C=O) groups is 2. The number of carbonyl (C=O) groups excluding carboxylic acids is 2. The molecule has 1 saturated carbocycles. The fourth-order valence-electron chi connectivity index (χ4n) is 3.46. The molecule has 1 aromatic rings. The highest BCUT2D eigenvalue weighted by Crippen LogP contribution is 2.29. The van der Waals surface area contributed by atoms with Gasteiger partial charge in [0.15, 0.2) is 0 Å². The summed E-state index contributed by atoms with van der Waals surface area (Å²) in [7, 11) is 1.62. The van der Waals surface area contributed by atoms with Crippen LogP contribution in [0, 0.1) is 5.92 Å². The first-order valence-corrected chi connectivity index (χ1v) is 8.87. The highest BCUT2D eigenvalue weighted by Gasteiger charge is 2.31. The van der Waals surface area contributed by atoms with E-state index in [1.807, 2.05) is 29.2 Å². The topological polar surface area (TPSA) is 58.6 Å². The Kier molecular flexibility index (Phi) is 5.38. The highest BCUT2D eigenvalue weighted by molar-refractivity contribution is 5.80. The summed E-state index contributed by atoms with van der Waals surface area (Å²) in [6.45, 7) is 1.52. The maximum absolute atomic E-state index is 12.3. The molecule has 0 aromatic heterocycles. The molecule has 0 radical (unpaired) electrons. The van der Waals surface area contributed by atoms with Crippen molar-refractivity contribution < 1.29 is 14.3 Å². The maximum Gasteiger partial charge on any atom is 0.225 e. The Balaban J connectivity index is 1.45. The molecule has 1 saturated heterocycles. The molecule has 2 fully saturated rings. The third-order valence-corrected chi connectivity index (χ3v) is 5.17. The van der Waals surface area contributed by atoms with Gasteiger partial charge in [-0.1, -0.05) is 24.6 Å². The van der Waals surface area contributed by atoms with Gasteiger partial charge in [0, 0.05) is 30.6 Å². The van der Waals surface area contributed by atoms with Gasteiger partial charge in [-0.05, 0) is 31.7 Å². The predicted molar refractivity (Wildman–Crippen MR) is 91.8 cm³/mol. The first-order valence-electron chi connectivity index (χ1n) is 8.87. The van der Waals surface area contributed by atoms with Gasteiger partial charge in [0.05, 0.1) is 13.5 Å². The molecule has 2 amide bonds. The van der Waals surface area contributed by atoms with Crippen LogP contribution in [-0.4, -0.2) is 43.0 Å². The van der Waals surface area contributed by atoms with Gasteiger partial charge in [-0.3, -0.25) is 9.59 Å². The van der Waals surface area contributed by atoms with Gasteiger partial charge >= 0.3 is 0 Å². The number of hydrogen-bond acceptors (Lipinski definition) is 3. The van der Waals surface area contributed by atoms with Crippen molar-refractivity contribution in [1.29, 1.82) is 0 Å². The highest BCUT2D eigenvalue weighted by atomic mass is 16.5. The summed E-state index contributed by atoms with van der Waals surface area (Å²) < 4.78 is 5.29. The van der Waals surface area contributed by atoms with Gasteiger partial charge in [-0.15, -0.1) is 0 Å². The number of hydrogen-bond donors (Lipinski definition) is 1. The molecule has 0 bridgehead atoms. The molecule has 1 N–H and O–H groups in total. The molecule has 1 heterocycles. The van der Waals surface area contributed by atoms with E-state index in [2.05, 4.69) is 5.32 Å². The second kappa shape index (κ2) is 7.69. The van der Waals surface area contributed by atoms with Crippen LogP contribution in [0.2, 0.25) is 0 Å². The van der Waals surface area contributed by atoms with E-state index < -0.39 is 0 Å². The Bertz CT molecular complexity index is 590. The number of methoxy groups -OCH3 is 1. The van der Waals surface area contributed by atoms with E-state index in [1.54, 1.807) is 7.11 Å². The van der Waals surface area contributed by atoms with E-state index in [-0.39, 0.29) is 17.9 Å².